The summed E-state index contributed by atoms with van der Waals surface area (Å²) in [4.78, 5) is 0. The lowest BCUT2D eigenvalue weighted by atomic mass is 10.3. The molecule has 0 bridgehead atoms. The fourth-order valence-corrected chi connectivity index (χ4v) is 4.15. The van der Waals surface area contributed by atoms with E-state index in [-0.39, 0.29) is 18.5 Å². The molecule has 29 heavy (non-hydrogen) atoms. The average molecular weight is 415 g/mol. The lowest BCUT2D eigenvalue weighted by Crippen LogP contribution is -2.11. The van der Waals surface area contributed by atoms with Crippen LogP contribution in [0.15, 0.2) is 53.7 Å². The van der Waals surface area contributed by atoms with Gasteiger partial charge in [0.05, 0.1) is 18.9 Å². The van der Waals surface area contributed by atoms with Crippen LogP contribution in [0, 0.1) is 5.82 Å². The zero-order valence-electron chi connectivity index (χ0n) is 16.1. The van der Waals surface area contributed by atoms with Gasteiger partial charge in [0.15, 0.2) is 11.0 Å². The summed E-state index contributed by atoms with van der Waals surface area (Å²) in [5.41, 5.74) is 0.403. The second kappa shape index (κ2) is 9.28. The summed E-state index contributed by atoms with van der Waals surface area (Å²) in [7, 11) is 1.61. The molecule has 0 amide bonds. The smallest absolute Gasteiger partial charge is 0.196 e. The van der Waals surface area contributed by atoms with Crippen LogP contribution in [0.25, 0.3) is 5.69 Å². The molecule has 8 heteroatoms. The van der Waals surface area contributed by atoms with Crippen LogP contribution in [0.5, 0.6) is 11.5 Å². The summed E-state index contributed by atoms with van der Waals surface area (Å²) in [6.45, 7) is 0.959. The Morgan fingerprint density at radius 1 is 1.14 bits per heavy atom. The van der Waals surface area contributed by atoms with E-state index in [0.717, 1.165) is 31.0 Å². The topological polar surface area (TPSA) is 58.4 Å². The molecule has 2 aromatic carbocycles. The highest BCUT2D eigenvalue weighted by Crippen LogP contribution is 2.27. The number of methoxy groups -OCH3 is 1. The van der Waals surface area contributed by atoms with E-state index in [9.17, 15) is 4.39 Å². The number of rotatable bonds is 8. The number of hydrogen-bond donors (Lipinski definition) is 0. The monoisotopic (exact) mass is 415 g/mol. The summed E-state index contributed by atoms with van der Waals surface area (Å²) >= 11 is 1.52. The van der Waals surface area contributed by atoms with Crippen molar-refractivity contribution in [1.82, 2.24) is 14.8 Å². The highest BCUT2D eigenvalue weighted by molar-refractivity contribution is 7.99. The van der Waals surface area contributed by atoms with Gasteiger partial charge in [-0.15, -0.1) is 10.2 Å². The Morgan fingerprint density at radius 2 is 1.93 bits per heavy atom. The first kappa shape index (κ1) is 19.7. The Morgan fingerprint density at radius 3 is 2.66 bits per heavy atom. The van der Waals surface area contributed by atoms with E-state index in [1.54, 1.807) is 29.9 Å². The number of benzene rings is 2. The Kier molecular flexibility index (Phi) is 6.31. The zero-order valence-corrected chi connectivity index (χ0v) is 16.9. The summed E-state index contributed by atoms with van der Waals surface area (Å²) in [6.07, 6.45) is 2.31. The van der Waals surface area contributed by atoms with Crippen molar-refractivity contribution in [2.75, 3.05) is 19.5 Å². The lowest BCUT2D eigenvalue weighted by molar-refractivity contribution is 0.129. The summed E-state index contributed by atoms with van der Waals surface area (Å²) in [6, 6.07) is 13.9. The van der Waals surface area contributed by atoms with E-state index < -0.39 is 0 Å². The van der Waals surface area contributed by atoms with E-state index in [1.165, 1.54) is 17.8 Å². The molecule has 3 aromatic rings. The molecular weight excluding hydrogens is 393 g/mol. The van der Waals surface area contributed by atoms with Gasteiger partial charge in [0.2, 0.25) is 0 Å². The van der Waals surface area contributed by atoms with Crippen molar-refractivity contribution in [3.63, 3.8) is 0 Å². The SMILES string of the molecule is COc1ccc(OCc2nnc(SC[C@@H]3CCCO3)n2-c2ccccc2F)cc1. The molecular formula is C21H22FN3O3S. The zero-order chi connectivity index (χ0) is 20.1. The van der Waals surface area contributed by atoms with Crippen LogP contribution in [0.4, 0.5) is 4.39 Å². The number of aromatic nitrogens is 3. The second-order valence-electron chi connectivity index (χ2n) is 6.60. The number of ether oxygens (including phenoxy) is 3. The molecule has 0 radical (unpaired) electrons. The highest BCUT2D eigenvalue weighted by atomic mass is 32.2. The Labute approximate surface area is 173 Å². The quantitative estimate of drug-likeness (QED) is 0.512. The normalized spacial score (nSPS) is 16.1. The van der Waals surface area contributed by atoms with Crippen molar-refractivity contribution in [3.05, 3.63) is 60.2 Å². The maximum Gasteiger partial charge on any atom is 0.196 e. The molecule has 0 N–H and O–H groups in total. The molecule has 1 fully saturated rings. The van der Waals surface area contributed by atoms with Crippen molar-refractivity contribution in [1.29, 1.82) is 0 Å². The molecule has 1 aromatic heterocycles. The first-order valence-corrected chi connectivity index (χ1v) is 10.4. The standard InChI is InChI=1S/C21H22FN3O3S/c1-26-15-8-10-16(11-9-15)28-13-20-23-24-21(29-14-17-5-4-12-27-17)25(20)19-7-3-2-6-18(19)22/h2-3,6-11,17H,4-5,12-14H2,1H3/t17-/m0/s1. The minimum Gasteiger partial charge on any atom is -0.497 e. The fourth-order valence-electron chi connectivity index (χ4n) is 3.13. The summed E-state index contributed by atoms with van der Waals surface area (Å²) in [5, 5.41) is 9.17. The second-order valence-corrected chi connectivity index (χ2v) is 7.58. The van der Waals surface area contributed by atoms with Crippen LogP contribution < -0.4 is 9.47 Å². The number of thioether (sulfide) groups is 1. The van der Waals surface area contributed by atoms with Crippen LogP contribution in [0.1, 0.15) is 18.7 Å². The molecule has 4 rings (SSSR count). The van der Waals surface area contributed by atoms with E-state index in [4.69, 9.17) is 14.2 Å². The average Bonchev–Trinajstić information content (AvgIpc) is 3.41. The van der Waals surface area contributed by atoms with Crippen molar-refractivity contribution >= 4 is 11.8 Å². The van der Waals surface area contributed by atoms with Gasteiger partial charge in [-0.3, -0.25) is 4.57 Å². The molecule has 1 saturated heterocycles. The first-order valence-electron chi connectivity index (χ1n) is 9.45. The fraction of sp³-hybridized carbons (Fsp3) is 0.333. The van der Waals surface area contributed by atoms with Gasteiger partial charge in [-0.25, -0.2) is 4.39 Å². The minimum absolute atomic E-state index is 0.161. The molecule has 0 spiro atoms. The van der Waals surface area contributed by atoms with E-state index in [0.29, 0.717) is 22.4 Å². The van der Waals surface area contributed by atoms with Gasteiger partial charge in [0.1, 0.15) is 23.9 Å². The molecule has 0 unspecified atom stereocenters. The van der Waals surface area contributed by atoms with Crippen LogP contribution in [0.3, 0.4) is 0 Å². The highest BCUT2D eigenvalue weighted by Gasteiger charge is 2.21. The van der Waals surface area contributed by atoms with Gasteiger partial charge in [-0.2, -0.15) is 0 Å². The predicted octanol–water partition coefficient (Wildman–Crippen LogP) is 4.27. The molecule has 0 aliphatic carbocycles. The third-order valence-corrected chi connectivity index (χ3v) is 5.70. The summed E-state index contributed by atoms with van der Waals surface area (Å²) < 4.78 is 33.0. The van der Waals surface area contributed by atoms with Gasteiger partial charge in [-0.05, 0) is 49.2 Å². The van der Waals surface area contributed by atoms with Crippen LogP contribution >= 0.6 is 11.8 Å². The number of halogens is 1. The largest absolute Gasteiger partial charge is 0.497 e. The molecule has 1 aliphatic heterocycles. The maximum atomic E-state index is 14.5. The predicted molar refractivity (Wildman–Crippen MR) is 108 cm³/mol. The van der Waals surface area contributed by atoms with Crippen molar-refractivity contribution in [2.24, 2.45) is 0 Å². The Bertz CT molecular complexity index is 943. The molecule has 1 atom stereocenters. The third kappa shape index (κ3) is 4.71. The van der Waals surface area contributed by atoms with E-state index in [2.05, 4.69) is 10.2 Å². The number of para-hydroxylation sites is 1. The van der Waals surface area contributed by atoms with Crippen LogP contribution in [-0.2, 0) is 11.3 Å². The molecule has 2 heterocycles. The maximum absolute atomic E-state index is 14.5. The molecule has 1 aliphatic rings. The molecule has 0 saturated carbocycles. The van der Waals surface area contributed by atoms with Gasteiger partial charge in [0, 0.05) is 12.4 Å². The van der Waals surface area contributed by atoms with Crippen LogP contribution in [-0.4, -0.2) is 40.3 Å². The van der Waals surface area contributed by atoms with Crippen molar-refractivity contribution in [2.45, 2.75) is 30.7 Å². The van der Waals surface area contributed by atoms with Gasteiger partial charge in [-0.1, -0.05) is 23.9 Å². The number of hydrogen-bond acceptors (Lipinski definition) is 6. The van der Waals surface area contributed by atoms with Gasteiger partial charge < -0.3 is 14.2 Å². The van der Waals surface area contributed by atoms with Gasteiger partial charge in [0.25, 0.3) is 0 Å². The van der Waals surface area contributed by atoms with Gasteiger partial charge >= 0.3 is 0 Å². The van der Waals surface area contributed by atoms with Crippen molar-refractivity contribution < 1.29 is 18.6 Å². The number of nitrogens with zero attached hydrogens (tertiary/aromatic N) is 3. The minimum atomic E-state index is -0.336. The van der Waals surface area contributed by atoms with Crippen LogP contribution in [0.2, 0.25) is 0 Å². The van der Waals surface area contributed by atoms with E-state index in [1.807, 2.05) is 24.3 Å². The van der Waals surface area contributed by atoms with Crippen molar-refractivity contribution in [3.8, 4) is 17.2 Å². The first-order chi connectivity index (χ1) is 14.2. The third-order valence-electron chi connectivity index (χ3n) is 4.64. The summed E-state index contributed by atoms with van der Waals surface area (Å²) in [5.74, 6) is 2.37. The van der Waals surface area contributed by atoms with E-state index >= 15 is 0 Å². The Hall–Kier alpha value is -2.58. The molecule has 152 valence electrons. The lowest BCUT2D eigenvalue weighted by Gasteiger charge is -2.13. The molecule has 6 nitrogen and oxygen atoms in total. The Balaban J connectivity index is 1.56.